The van der Waals surface area contributed by atoms with E-state index < -0.39 is 0 Å². The van der Waals surface area contributed by atoms with E-state index in [0.29, 0.717) is 6.04 Å². The minimum atomic E-state index is 0.367. The van der Waals surface area contributed by atoms with Gasteiger partial charge in [0.1, 0.15) is 12.1 Å². The van der Waals surface area contributed by atoms with E-state index in [-0.39, 0.29) is 0 Å². The first kappa shape index (κ1) is 9.71. The van der Waals surface area contributed by atoms with Gasteiger partial charge in [-0.15, -0.1) is 6.58 Å². The maximum atomic E-state index is 4.11. The van der Waals surface area contributed by atoms with E-state index in [1.54, 1.807) is 6.33 Å². The number of nitrogens with zero attached hydrogens (tertiary/aromatic N) is 2. The van der Waals surface area contributed by atoms with Crippen LogP contribution in [-0.4, -0.2) is 16.0 Å². The molecule has 0 aliphatic carbocycles. The van der Waals surface area contributed by atoms with E-state index in [1.807, 2.05) is 19.1 Å². The first-order valence-corrected chi connectivity index (χ1v) is 4.38. The van der Waals surface area contributed by atoms with Crippen molar-refractivity contribution in [3.63, 3.8) is 0 Å². The smallest absolute Gasteiger partial charge is 0.129 e. The van der Waals surface area contributed by atoms with Crippen LogP contribution in [-0.2, 0) is 0 Å². The van der Waals surface area contributed by atoms with Crippen molar-refractivity contribution in [2.45, 2.75) is 26.3 Å². The normalized spacial score (nSPS) is 12.2. The molecule has 0 aliphatic heterocycles. The third-order valence-electron chi connectivity index (χ3n) is 1.72. The van der Waals surface area contributed by atoms with E-state index in [2.05, 4.69) is 28.8 Å². The summed E-state index contributed by atoms with van der Waals surface area (Å²) >= 11 is 0. The van der Waals surface area contributed by atoms with Gasteiger partial charge in [-0.2, -0.15) is 0 Å². The van der Waals surface area contributed by atoms with Crippen LogP contribution in [0.5, 0.6) is 0 Å². The lowest BCUT2D eigenvalue weighted by Gasteiger charge is -2.11. The Hall–Kier alpha value is -1.38. The first-order chi connectivity index (χ1) is 6.22. The molecule has 3 heteroatoms. The van der Waals surface area contributed by atoms with Crippen LogP contribution >= 0.6 is 0 Å². The minimum absolute atomic E-state index is 0.367. The Morgan fingerprint density at radius 2 is 2.38 bits per heavy atom. The Labute approximate surface area is 78.9 Å². The van der Waals surface area contributed by atoms with E-state index in [0.717, 1.165) is 17.9 Å². The van der Waals surface area contributed by atoms with Crippen molar-refractivity contribution < 1.29 is 0 Å². The van der Waals surface area contributed by atoms with Crippen LogP contribution in [0, 0.1) is 6.92 Å². The molecule has 0 spiro atoms. The van der Waals surface area contributed by atoms with Crippen molar-refractivity contribution in [2.24, 2.45) is 0 Å². The largest absolute Gasteiger partial charge is 0.367 e. The Kier molecular flexibility index (Phi) is 3.43. The molecule has 0 saturated heterocycles. The fraction of sp³-hybridized carbons (Fsp3) is 0.400. The van der Waals surface area contributed by atoms with Gasteiger partial charge in [-0.3, -0.25) is 0 Å². The zero-order valence-electron chi connectivity index (χ0n) is 8.12. The number of rotatable bonds is 4. The standard InChI is InChI=1S/C10H15N3/c1-4-5-8(2)13-10-6-9(3)11-7-12-10/h4,6-8H,1,5H2,2-3H3,(H,11,12,13). The second-order valence-corrected chi connectivity index (χ2v) is 3.11. The average molecular weight is 177 g/mol. The molecule has 0 amide bonds. The number of anilines is 1. The molecule has 0 aliphatic rings. The molecule has 0 fully saturated rings. The van der Waals surface area contributed by atoms with Gasteiger partial charge >= 0.3 is 0 Å². The van der Waals surface area contributed by atoms with E-state index in [9.17, 15) is 0 Å². The maximum absolute atomic E-state index is 4.11. The van der Waals surface area contributed by atoms with Crippen molar-refractivity contribution >= 4 is 5.82 Å². The van der Waals surface area contributed by atoms with Crippen LogP contribution in [0.15, 0.2) is 25.0 Å². The van der Waals surface area contributed by atoms with E-state index >= 15 is 0 Å². The fourth-order valence-corrected chi connectivity index (χ4v) is 1.09. The van der Waals surface area contributed by atoms with Crippen LogP contribution in [0.1, 0.15) is 19.0 Å². The van der Waals surface area contributed by atoms with Crippen molar-refractivity contribution in [1.29, 1.82) is 0 Å². The molecule has 0 aromatic carbocycles. The molecule has 1 heterocycles. The lowest BCUT2D eigenvalue weighted by atomic mass is 10.2. The van der Waals surface area contributed by atoms with Crippen LogP contribution in [0.2, 0.25) is 0 Å². The molecule has 13 heavy (non-hydrogen) atoms. The Morgan fingerprint density at radius 1 is 1.62 bits per heavy atom. The number of aromatic nitrogens is 2. The summed E-state index contributed by atoms with van der Waals surface area (Å²) in [5.41, 5.74) is 0.975. The molecule has 1 aromatic heterocycles. The topological polar surface area (TPSA) is 37.8 Å². The Bertz CT molecular complexity index is 283. The third kappa shape index (κ3) is 3.23. The predicted molar refractivity (Wildman–Crippen MR) is 54.7 cm³/mol. The summed E-state index contributed by atoms with van der Waals surface area (Å²) in [6.07, 6.45) is 4.40. The van der Waals surface area contributed by atoms with Gasteiger partial charge in [-0.25, -0.2) is 9.97 Å². The highest BCUT2D eigenvalue weighted by Crippen LogP contribution is 2.06. The summed E-state index contributed by atoms with van der Waals surface area (Å²) in [6.45, 7) is 7.73. The van der Waals surface area contributed by atoms with Gasteiger partial charge in [0.25, 0.3) is 0 Å². The highest BCUT2D eigenvalue weighted by molar-refractivity contribution is 5.35. The lowest BCUT2D eigenvalue weighted by Crippen LogP contribution is -2.14. The molecule has 0 saturated carbocycles. The minimum Gasteiger partial charge on any atom is -0.367 e. The molecule has 1 aromatic rings. The molecule has 1 rings (SSSR count). The van der Waals surface area contributed by atoms with Crippen LogP contribution < -0.4 is 5.32 Å². The number of hydrogen-bond donors (Lipinski definition) is 1. The van der Waals surface area contributed by atoms with Gasteiger partial charge in [0.15, 0.2) is 0 Å². The molecule has 0 radical (unpaired) electrons. The van der Waals surface area contributed by atoms with Crippen LogP contribution in [0.25, 0.3) is 0 Å². The quantitative estimate of drug-likeness (QED) is 0.716. The van der Waals surface area contributed by atoms with E-state index in [1.165, 1.54) is 0 Å². The van der Waals surface area contributed by atoms with Gasteiger partial charge in [-0.05, 0) is 20.3 Å². The molecule has 70 valence electrons. The number of aryl methyl sites for hydroxylation is 1. The summed E-state index contributed by atoms with van der Waals surface area (Å²) in [5, 5.41) is 3.26. The summed E-state index contributed by atoms with van der Waals surface area (Å²) in [4.78, 5) is 8.13. The fourth-order valence-electron chi connectivity index (χ4n) is 1.09. The summed E-state index contributed by atoms with van der Waals surface area (Å²) in [5.74, 6) is 0.877. The van der Waals surface area contributed by atoms with Gasteiger partial charge in [-0.1, -0.05) is 6.08 Å². The van der Waals surface area contributed by atoms with Crippen molar-refractivity contribution in [2.75, 3.05) is 5.32 Å². The predicted octanol–water partition coefficient (Wildman–Crippen LogP) is 2.16. The maximum Gasteiger partial charge on any atom is 0.129 e. The zero-order chi connectivity index (χ0) is 9.68. The Balaban J connectivity index is 2.58. The highest BCUT2D eigenvalue weighted by atomic mass is 15.0. The molecule has 1 unspecified atom stereocenters. The lowest BCUT2D eigenvalue weighted by molar-refractivity contribution is 0.805. The molecular weight excluding hydrogens is 162 g/mol. The van der Waals surface area contributed by atoms with Crippen LogP contribution in [0.3, 0.4) is 0 Å². The molecule has 0 bridgehead atoms. The summed E-state index contributed by atoms with van der Waals surface area (Å²) in [7, 11) is 0. The van der Waals surface area contributed by atoms with Crippen LogP contribution in [0.4, 0.5) is 5.82 Å². The SMILES string of the molecule is C=CCC(C)Nc1cc(C)ncn1. The van der Waals surface area contributed by atoms with Crippen molar-refractivity contribution in [3.05, 3.63) is 30.7 Å². The molecule has 3 nitrogen and oxygen atoms in total. The third-order valence-corrected chi connectivity index (χ3v) is 1.72. The number of nitrogens with one attached hydrogen (secondary N) is 1. The van der Waals surface area contributed by atoms with Gasteiger partial charge < -0.3 is 5.32 Å². The van der Waals surface area contributed by atoms with E-state index in [4.69, 9.17) is 0 Å². The molecule has 1 atom stereocenters. The van der Waals surface area contributed by atoms with Gasteiger partial charge in [0.2, 0.25) is 0 Å². The van der Waals surface area contributed by atoms with Gasteiger partial charge in [0.05, 0.1) is 0 Å². The monoisotopic (exact) mass is 177 g/mol. The summed E-state index contributed by atoms with van der Waals surface area (Å²) < 4.78 is 0. The highest BCUT2D eigenvalue weighted by Gasteiger charge is 2.00. The zero-order valence-corrected chi connectivity index (χ0v) is 8.12. The average Bonchev–Trinajstić information content (AvgIpc) is 2.04. The number of hydrogen-bond acceptors (Lipinski definition) is 3. The Morgan fingerprint density at radius 3 is 3.00 bits per heavy atom. The first-order valence-electron chi connectivity index (χ1n) is 4.38. The van der Waals surface area contributed by atoms with Gasteiger partial charge in [0, 0.05) is 17.8 Å². The molecule has 1 N–H and O–H groups in total. The summed E-state index contributed by atoms with van der Waals surface area (Å²) in [6, 6.07) is 2.30. The van der Waals surface area contributed by atoms with Crippen molar-refractivity contribution in [3.8, 4) is 0 Å². The van der Waals surface area contributed by atoms with Crippen molar-refractivity contribution in [1.82, 2.24) is 9.97 Å². The molecular formula is C10H15N3. The second-order valence-electron chi connectivity index (χ2n) is 3.11. The second kappa shape index (κ2) is 4.60.